The highest BCUT2D eigenvalue weighted by atomic mass is 16.2. The summed E-state index contributed by atoms with van der Waals surface area (Å²) in [5, 5.41) is 16.1. The monoisotopic (exact) mass is 583 g/mol. The molecule has 2 aliphatic heterocycles. The Kier molecular flexibility index (Phi) is 9.82. The molecule has 7 N–H and O–H groups in total. The largest absolute Gasteiger partial charge is 0.384 e. The number of carbonyl (C=O) groups excluding carboxylic acids is 2. The van der Waals surface area contributed by atoms with Crippen molar-refractivity contribution in [3.63, 3.8) is 0 Å². The molecule has 1 saturated heterocycles. The fourth-order valence-electron chi connectivity index (χ4n) is 6.64. The van der Waals surface area contributed by atoms with Crippen LogP contribution >= 0.6 is 0 Å². The van der Waals surface area contributed by atoms with Crippen LogP contribution in [0.25, 0.3) is 10.8 Å². The summed E-state index contributed by atoms with van der Waals surface area (Å²) < 4.78 is 0. The Balaban J connectivity index is 1.21. The van der Waals surface area contributed by atoms with Gasteiger partial charge in [0.2, 0.25) is 11.8 Å². The first kappa shape index (κ1) is 30.4. The molecular weight excluding hydrogens is 538 g/mol. The van der Waals surface area contributed by atoms with Crippen molar-refractivity contribution < 1.29 is 9.59 Å². The molecule has 3 aromatic rings. The molecule has 2 heterocycles. The van der Waals surface area contributed by atoms with Crippen LogP contribution in [0, 0.1) is 5.41 Å². The van der Waals surface area contributed by atoms with Gasteiger partial charge < -0.3 is 31.9 Å². The number of piperazine rings is 1. The summed E-state index contributed by atoms with van der Waals surface area (Å²) in [6, 6.07) is 21.9. The maximum Gasteiger partial charge on any atom is 0.240 e. The number of guanidine groups is 1. The minimum absolute atomic E-state index is 0.0699. The van der Waals surface area contributed by atoms with E-state index in [1.165, 1.54) is 11.3 Å². The summed E-state index contributed by atoms with van der Waals surface area (Å²) in [5.74, 6) is 0.427. The van der Waals surface area contributed by atoms with Crippen molar-refractivity contribution >= 4 is 34.2 Å². The standard InChI is InChI=1S/C34H45N7O2/c1-23-21-41(33(43)30(35)19-24-15-16-25-8-2-3-9-26(25)18-24)28(11-7-17-38-34(36)37)22-40(23)32(42)14-6-10-27-20-39-31-13-5-4-12-29(27)31/h2-5,8-9,12-13,15-16,18,23,27-28,30,39H,6-7,10-11,14,17,19-22,35H2,1H3,(H4,36,37,38)/t23-,27?,28+,30-/m1/s1. The van der Waals surface area contributed by atoms with Gasteiger partial charge in [0, 0.05) is 56.3 Å². The van der Waals surface area contributed by atoms with Crippen molar-refractivity contribution in [1.29, 1.82) is 5.41 Å². The zero-order valence-corrected chi connectivity index (χ0v) is 25.1. The van der Waals surface area contributed by atoms with E-state index < -0.39 is 6.04 Å². The number of rotatable bonds is 11. The van der Waals surface area contributed by atoms with Gasteiger partial charge in [-0.1, -0.05) is 60.7 Å². The van der Waals surface area contributed by atoms with Gasteiger partial charge in [0.15, 0.2) is 5.96 Å². The van der Waals surface area contributed by atoms with Crippen LogP contribution in [0.4, 0.5) is 5.69 Å². The van der Waals surface area contributed by atoms with Crippen molar-refractivity contribution in [2.45, 2.75) is 69.5 Å². The fraction of sp³-hybridized carbons (Fsp3) is 0.441. The lowest BCUT2D eigenvalue weighted by molar-refractivity contribution is -0.147. The Bertz CT molecular complexity index is 1440. The Morgan fingerprint density at radius 2 is 1.77 bits per heavy atom. The number of amides is 2. The van der Waals surface area contributed by atoms with E-state index in [-0.39, 0.29) is 29.9 Å². The molecule has 0 radical (unpaired) electrons. The van der Waals surface area contributed by atoms with Gasteiger partial charge >= 0.3 is 0 Å². The van der Waals surface area contributed by atoms with E-state index in [4.69, 9.17) is 16.9 Å². The lowest BCUT2D eigenvalue weighted by Crippen LogP contribution is -2.63. The number of benzene rings is 3. The molecule has 4 atom stereocenters. The lowest BCUT2D eigenvalue weighted by atomic mass is 9.95. The number of fused-ring (bicyclic) bond motifs is 2. The number of para-hydroxylation sites is 1. The van der Waals surface area contributed by atoms with Crippen LogP contribution in [0.5, 0.6) is 0 Å². The van der Waals surface area contributed by atoms with E-state index in [9.17, 15) is 9.59 Å². The maximum absolute atomic E-state index is 13.8. The summed E-state index contributed by atoms with van der Waals surface area (Å²) in [6.45, 7) is 4.43. The van der Waals surface area contributed by atoms with Crippen LogP contribution in [-0.2, 0) is 16.0 Å². The molecule has 1 unspecified atom stereocenters. The molecule has 0 spiro atoms. The molecule has 0 bridgehead atoms. The number of nitrogens with two attached hydrogens (primary N) is 2. The molecule has 9 heteroatoms. The molecule has 5 rings (SSSR count). The number of hydrogen-bond donors (Lipinski definition) is 5. The first-order valence-corrected chi connectivity index (χ1v) is 15.5. The Labute approximate surface area is 254 Å². The predicted octanol–water partition coefficient (Wildman–Crippen LogP) is 3.78. The second kappa shape index (κ2) is 13.9. The van der Waals surface area contributed by atoms with Crippen LogP contribution < -0.4 is 22.1 Å². The SMILES string of the molecule is C[C@@H]1CN(C(=O)[C@H](N)Cc2ccc3ccccc3c2)[C@@H](CCCNC(=N)N)CN1C(=O)CCCC1CNc2ccccc21. The second-order valence-corrected chi connectivity index (χ2v) is 12.1. The van der Waals surface area contributed by atoms with Crippen molar-refractivity contribution in [2.24, 2.45) is 11.5 Å². The molecule has 0 saturated carbocycles. The molecule has 9 nitrogen and oxygen atoms in total. The van der Waals surface area contributed by atoms with E-state index in [1.54, 1.807) is 0 Å². The maximum atomic E-state index is 13.8. The minimum atomic E-state index is -0.670. The number of nitrogens with one attached hydrogen (secondary N) is 3. The van der Waals surface area contributed by atoms with Gasteiger partial charge in [-0.3, -0.25) is 15.0 Å². The first-order valence-electron chi connectivity index (χ1n) is 15.5. The van der Waals surface area contributed by atoms with E-state index in [0.717, 1.165) is 42.1 Å². The third kappa shape index (κ3) is 7.46. The van der Waals surface area contributed by atoms with E-state index in [0.29, 0.717) is 44.8 Å². The number of hydrogen-bond acceptors (Lipinski definition) is 5. The average Bonchev–Trinajstić information content (AvgIpc) is 3.42. The molecule has 228 valence electrons. The van der Waals surface area contributed by atoms with Crippen molar-refractivity contribution in [3.05, 3.63) is 77.9 Å². The number of carbonyl (C=O) groups is 2. The van der Waals surface area contributed by atoms with Gasteiger partial charge in [-0.05, 0) is 67.0 Å². The third-order valence-electron chi connectivity index (χ3n) is 8.94. The van der Waals surface area contributed by atoms with Crippen LogP contribution in [0.3, 0.4) is 0 Å². The minimum Gasteiger partial charge on any atom is -0.384 e. The zero-order valence-electron chi connectivity index (χ0n) is 25.1. The van der Waals surface area contributed by atoms with Crippen LogP contribution in [0.15, 0.2) is 66.7 Å². The fourth-order valence-corrected chi connectivity index (χ4v) is 6.64. The van der Waals surface area contributed by atoms with Crippen molar-refractivity contribution in [1.82, 2.24) is 15.1 Å². The highest BCUT2D eigenvalue weighted by molar-refractivity contribution is 5.85. The Morgan fingerprint density at radius 3 is 2.58 bits per heavy atom. The van der Waals surface area contributed by atoms with Crippen LogP contribution in [0.1, 0.15) is 56.1 Å². The summed E-state index contributed by atoms with van der Waals surface area (Å²) in [6.07, 6.45) is 4.15. The van der Waals surface area contributed by atoms with E-state index >= 15 is 0 Å². The number of nitrogens with zero attached hydrogens (tertiary/aromatic N) is 2. The normalized spacial score (nSPS) is 20.4. The zero-order chi connectivity index (χ0) is 30.3. The first-order chi connectivity index (χ1) is 20.8. The van der Waals surface area contributed by atoms with Crippen LogP contribution in [0.2, 0.25) is 0 Å². The molecule has 0 aromatic heterocycles. The van der Waals surface area contributed by atoms with Gasteiger partial charge in [-0.15, -0.1) is 0 Å². The van der Waals surface area contributed by atoms with Gasteiger partial charge in [-0.2, -0.15) is 0 Å². The average molecular weight is 584 g/mol. The third-order valence-corrected chi connectivity index (χ3v) is 8.94. The summed E-state index contributed by atoms with van der Waals surface area (Å²) in [5.41, 5.74) is 15.6. The molecule has 43 heavy (non-hydrogen) atoms. The second-order valence-electron chi connectivity index (χ2n) is 12.1. The molecular formula is C34H45N7O2. The quantitative estimate of drug-likeness (QED) is 0.132. The molecule has 2 aliphatic rings. The lowest BCUT2D eigenvalue weighted by Gasteiger charge is -2.46. The van der Waals surface area contributed by atoms with Crippen LogP contribution in [-0.4, -0.2) is 71.9 Å². The molecule has 3 aromatic carbocycles. The number of anilines is 1. The van der Waals surface area contributed by atoms with Crippen molar-refractivity contribution in [2.75, 3.05) is 31.5 Å². The van der Waals surface area contributed by atoms with Gasteiger partial charge in [-0.25, -0.2) is 0 Å². The molecule has 0 aliphatic carbocycles. The topological polar surface area (TPSA) is 141 Å². The van der Waals surface area contributed by atoms with Gasteiger partial charge in [0.05, 0.1) is 6.04 Å². The summed E-state index contributed by atoms with van der Waals surface area (Å²) in [4.78, 5) is 31.1. The molecule has 1 fully saturated rings. The molecule has 2 amide bonds. The van der Waals surface area contributed by atoms with E-state index in [1.807, 2.05) is 41.0 Å². The Hall–Kier alpha value is -4.11. The highest BCUT2D eigenvalue weighted by Crippen LogP contribution is 2.34. The Morgan fingerprint density at radius 1 is 1.00 bits per heavy atom. The van der Waals surface area contributed by atoms with E-state index in [2.05, 4.69) is 53.1 Å². The predicted molar refractivity (Wildman–Crippen MR) is 173 cm³/mol. The van der Waals surface area contributed by atoms with Crippen molar-refractivity contribution in [3.8, 4) is 0 Å². The summed E-state index contributed by atoms with van der Waals surface area (Å²) >= 11 is 0. The highest BCUT2D eigenvalue weighted by Gasteiger charge is 2.37. The van der Waals surface area contributed by atoms with Gasteiger partial charge in [0.1, 0.15) is 0 Å². The van der Waals surface area contributed by atoms with Gasteiger partial charge in [0.25, 0.3) is 0 Å². The smallest absolute Gasteiger partial charge is 0.240 e. The summed E-state index contributed by atoms with van der Waals surface area (Å²) in [7, 11) is 0.